The van der Waals surface area contributed by atoms with Crippen LogP contribution in [0.25, 0.3) is 11.4 Å². The standard InChI is InChI=1S/C22H22FN5O/c1-14-12-16(23)4-5-17(14)22(29)28-11-8-18-19(13-28)25-20(26-21(18)27(2)3)15-6-9-24-10-7-15/h4-7,9-10,12H,8,11,13H2,1-3H3. The molecular weight excluding hydrogens is 369 g/mol. The molecule has 0 fully saturated rings. The van der Waals surface area contributed by atoms with E-state index in [0.29, 0.717) is 36.5 Å². The van der Waals surface area contributed by atoms with E-state index in [-0.39, 0.29) is 11.7 Å². The van der Waals surface area contributed by atoms with Crippen LogP contribution in [0.3, 0.4) is 0 Å². The molecule has 1 aromatic carbocycles. The van der Waals surface area contributed by atoms with Crippen LogP contribution in [0.15, 0.2) is 42.7 Å². The van der Waals surface area contributed by atoms with Gasteiger partial charge in [0.2, 0.25) is 0 Å². The first-order valence-corrected chi connectivity index (χ1v) is 9.47. The van der Waals surface area contributed by atoms with E-state index >= 15 is 0 Å². The van der Waals surface area contributed by atoms with Crippen LogP contribution < -0.4 is 4.90 Å². The highest BCUT2D eigenvalue weighted by atomic mass is 19.1. The number of carbonyl (C=O) groups excluding carboxylic acids is 1. The predicted octanol–water partition coefficient (Wildman–Crippen LogP) is 3.25. The van der Waals surface area contributed by atoms with Crippen molar-refractivity contribution in [3.8, 4) is 11.4 Å². The number of anilines is 1. The summed E-state index contributed by atoms with van der Waals surface area (Å²) in [6.45, 7) is 2.72. The summed E-state index contributed by atoms with van der Waals surface area (Å²) < 4.78 is 13.4. The van der Waals surface area contributed by atoms with Gasteiger partial charge >= 0.3 is 0 Å². The lowest BCUT2D eigenvalue weighted by molar-refractivity contribution is 0.0731. The van der Waals surface area contributed by atoms with Gasteiger partial charge in [-0.15, -0.1) is 0 Å². The first kappa shape index (κ1) is 19.0. The zero-order valence-corrected chi connectivity index (χ0v) is 16.7. The Labute approximate surface area is 169 Å². The molecule has 1 amide bonds. The molecule has 0 radical (unpaired) electrons. The van der Waals surface area contributed by atoms with E-state index in [4.69, 9.17) is 9.97 Å². The largest absolute Gasteiger partial charge is 0.362 e. The van der Waals surface area contributed by atoms with Gasteiger partial charge in [0.15, 0.2) is 5.82 Å². The lowest BCUT2D eigenvalue weighted by Gasteiger charge is -2.31. The Morgan fingerprint density at radius 2 is 1.90 bits per heavy atom. The first-order chi connectivity index (χ1) is 13.9. The van der Waals surface area contributed by atoms with Gasteiger partial charge in [-0.05, 0) is 49.2 Å². The number of rotatable bonds is 3. The third-order valence-electron chi connectivity index (χ3n) is 5.11. The lowest BCUT2D eigenvalue weighted by atomic mass is 10.0. The summed E-state index contributed by atoms with van der Waals surface area (Å²) in [5.74, 6) is 1.03. The van der Waals surface area contributed by atoms with E-state index in [9.17, 15) is 9.18 Å². The quantitative estimate of drug-likeness (QED) is 0.686. The minimum atomic E-state index is -0.339. The number of fused-ring (bicyclic) bond motifs is 1. The lowest BCUT2D eigenvalue weighted by Crippen LogP contribution is -2.37. The number of halogens is 1. The van der Waals surface area contributed by atoms with Gasteiger partial charge in [0.1, 0.15) is 11.6 Å². The summed E-state index contributed by atoms with van der Waals surface area (Å²) in [6.07, 6.45) is 4.09. The van der Waals surface area contributed by atoms with Crippen molar-refractivity contribution in [2.24, 2.45) is 0 Å². The third kappa shape index (κ3) is 3.68. The number of amides is 1. The fourth-order valence-corrected chi connectivity index (χ4v) is 3.62. The Hall–Kier alpha value is -3.35. The van der Waals surface area contributed by atoms with Crippen LogP contribution in [0.5, 0.6) is 0 Å². The number of aryl methyl sites for hydroxylation is 1. The molecule has 2 aromatic heterocycles. The van der Waals surface area contributed by atoms with E-state index in [1.165, 1.54) is 12.1 Å². The molecule has 3 aromatic rings. The molecule has 1 aliphatic heterocycles. The molecule has 0 aliphatic carbocycles. The summed E-state index contributed by atoms with van der Waals surface area (Å²) in [4.78, 5) is 30.4. The van der Waals surface area contributed by atoms with Crippen molar-refractivity contribution in [1.82, 2.24) is 19.9 Å². The third-order valence-corrected chi connectivity index (χ3v) is 5.11. The number of pyridine rings is 1. The molecule has 0 bridgehead atoms. The predicted molar refractivity (Wildman–Crippen MR) is 109 cm³/mol. The summed E-state index contributed by atoms with van der Waals surface area (Å²) >= 11 is 0. The molecular formula is C22H22FN5O. The van der Waals surface area contributed by atoms with Crippen LogP contribution in [0.4, 0.5) is 10.2 Å². The van der Waals surface area contributed by atoms with Crippen molar-refractivity contribution in [2.45, 2.75) is 19.9 Å². The summed E-state index contributed by atoms with van der Waals surface area (Å²) in [5, 5.41) is 0. The summed E-state index contributed by atoms with van der Waals surface area (Å²) in [5.41, 5.74) is 3.94. The van der Waals surface area contributed by atoms with E-state index in [0.717, 1.165) is 22.6 Å². The molecule has 6 nitrogen and oxygen atoms in total. The van der Waals surface area contributed by atoms with E-state index < -0.39 is 0 Å². The van der Waals surface area contributed by atoms with Gasteiger partial charge in [-0.2, -0.15) is 0 Å². The fraction of sp³-hybridized carbons (Fsp3) is 0.273. The van der Waals surface area contributed by atoms with Crippen molar-refractivity contribution in [2.75, 3.05) is 25.5 Å². The van der Waals surface area contributed by atoms with Crippen LogP contribution in [0, 0.1) is 12.7 Å². The second kappa shape index (κ2) is 7.58. The van der Waals surface area contributed by atoms with E-state index in [1.54, 1.807) is 30.3 Å². The minimum absolute atomic E-state index is 0.108. The number of carbonyl (C=O) groups is 1. The second-order valence-corrected chi connectivity index (χ2v) is 7.36. The molecule has 0 unspecified atom stereocenters. The number of hydrogen-bond acceptors (Lipinski definition) is 5. The topological polar surface area (TPSA) is 62.2 Å². The van der Waals surface area contributed by atoms with Crippen molar-refractivity contribution >= 4 is 11.7 Å². The average Bonchev–Trinajstić information content (AvgIpc) is 2.72. The molecule has 0 N–H and O–H groups in total. The molecule has 4 rings (SSSR count). The van der Waals surface area contributed by atoms with Gasteiger partial charge in [0, 0.05) is 49.7 Å². The van der Waals surface area contributed by atoms with Crippen molar-refractivity contribution in [3.05, 3.63) is 70.9 Å². The highest BCUT2D eigenvalue weighted by Gasteiger charge is 2.27. The monoisotopic (exact) mass is 391 g/mol. The van der Waals surface area contributed by atoms with Gasteiger partial charge in [-0.1, -0.05) is 0 Å². The molecule has 0 spiro atoms. The Balaban J connectivity index is 1.71. The number of aromatic nitrogens is 3. The Morgan fingerprint density at radius 1 is 1.14 bits per heavy atom. The maximum Gasteiger partial charge on any atom is 0.254 e. The molecule has 1 aliphatic rings. The fourth-order valence-electron chi connectivity index (χ4n) is 3.62. The molecule has 0 atom stereocenters. The van der Waals surface area contributed by atoms with Gasteiger partial charge in [-0.25, -0.2) is 14.4 Å². The second-order valence-electron chi connectivity index (χ2n) is 7.36. The number of benzene rings is 1. The Bertz CT molecular complexity index is 1070. The smallest absolute Gasteiger partial charge is 0.254 e. The molecule has 7 heteroatoms. The van der Waals surface area contributed by atoms with Gasteiger partial charge in [0.05, 0.1) is 12.2 Å². The van der Waals surface area contributed by atoms with Crippen molar-refractivity contribution in [3.63, 3.8) is 0 Å². The number of nitrogens with zero attached hydrogens (tertiary/aromatic N) is 5. The van der Waals surface area contributed by atoms with Crippen LogP contribution >= 0.6 is 0 Å². The molecule has 148 valence electrons. The minimum Gasteiger partial charge on any atom is -0.362 e. The van der Waals surface area contributed by atoms with Crippen LogP contribution in [0.1, 0.15) is 27.2 Å². The highest BCUT2D eigenvalue weighted by molar-refractivity contribution is 5.95. The normalized spacial score (nSPS) is 13.2. The number of hydrogen-bond donors (Lipinski definition) is 0. The van der Waals surface area contributed by atoms with Crippen molar-refractivity contribution < 1.29 is 9.18 Å². The van der Waals surface area contributed by atoms with E-state index in [2.05, 4.69) is 4.98 Å². The van der Waals surface area contributed by atoms with Gasteiger partial charge in [0.25, 0.3) is 5.91 Å². The van der Waals surface area contributed by atoms with Crippen LogP contribution in [0.2, 0.25) is 0 Å². The van der Waals surface area contributed by atoms with Gasteiger partial charge < -0.3 is 9.80 Å². The average molecular weight is 391 g/mol. The molecule has 0 saturated heterocycles. The maximum absolute atomic E-state index is 13.4. The highest BCUT2D eigenvalue weighted by Crippen LogP contribution is 2.29. The molecule has 3 heterocycles. The van der Waals surface area contributed by atoms with E-state index in [1.807, 2.05) is 31.1 Å². The molecule has 29 heavy (non-hydrogen) atoms. The Kier molecular flexibility index (Phi) is 4.96. The SMILES string of the molecule is Cc1cc(F)ccc1C(=O)N1CCc2c(nc(-c3ccncc3)nc2N(C)C)C1. The van der Waals surface area contributed by atoms with Gasteiger partial charge in [-0.3, -0.25) is 9.78 Å². The first-order valence-electron chi connectivity index (χ1n) is 9.47. The van der Waals surface area contributed by atoms with Crippen LogP contribution in [-0.2, 0) is 13.0 Å². The van der Waals surface area contributed by atoms with Crippen LogP contribution in [-0.4, -0.2) is 46.4 Å². The summed E-state index contributed by atoms with van der Waals surface area (Å²) in [7, 11) is 3.91. The van der Waals surface area contributed by atoms with Crippen molar-refractivity contribution in [1.29, 1.82) is 0 Å². The maximum atomic E-state index is 13.4. The summed E-state index contributed by atoms with van der Waals surface area (Å²) in [6, 6.07) is 8.00. The Morgan fingerprint density at radius 3 is 2.59 bits per heavy atom. The zero-order valence-electron chi connectivity index (χ0n) is 16.7. The molecule has 0 saturated carbocycles. The zero-order chi connectivity index (χ0) is 20.5.